The fourth-order valence-corrected chi connectivity index (χ4v) is 1.26. The number of anilines is 1. The third-order valence-electron chi connectivity index (χ3n) is 1.45. The van der Waals surface area contributed by atoms with Gasteiger partial charge in [-0.2, -0.15) is 0 Å². The normalized spacial score (nSPS) is 9.55. The van der Waals surface area contributed by atoms with Gasteiger partial charge in [-0.3, -0.25) is 0 Å². The zero-order valence-corrected chi connectivity index (χ0v) is 7.11. The maximum atomic E-state index is 7.00. The average molecular weight is 166 g/mol. The zero-order valence-electron chi connectivity index (χ0n) is 6.29. The Labute approximate surface area is 70.3 Å². The molecular formula is C8H10N2S. The van der Waals surface area contributed by atoms with E-state index in [2.05, 4.69) is 0 Å². The molecule has 2 nitrogen and oxygen atoms in total. The maximum absolute atomic E-state index is 7.00. The number of thioether (sulfide) groups is 1. The van der Waals surface area contributed by atoms with Gasteiger partial charge in [0, 0.05) is 22.4 Å². The van der Waals surface area contributed by atoms with Gasteiger partial charge in [-0.1, -0.05) is 6.07 Å². The highest BCUT2D eigenvalue weighted by Gasteiger charge is 1.95. The van der Waals surface area contributed by atoms with E-state index < -0.39 is 0 Å². The van der Waals surface area contributed by atoms with E-state index in [1.165, 1.54) is 6.21 Å². The van der Waals surface area contributed by atoms with Crippen LogP contribution in [-0.2, 0) is 0 Å². The highest BCUT2D eigenvalue weighted by Crippen LogP contribution is 2.19. The van der Waals surface area contributed by atoms with Crippen LogP contribution in [0.25, 0.3) is 0 Å². The van der Waals surface area contributed by atoms with Crippen LogP contribution in [0.4, 0.5) is 5.69 Å². The fourth-order valence-electron chi connectivity index (χ4n) is 0.811. The molecule has 0 amide bonds. The zero-order chi connectivity index (χ0) is 8.27. The molecule has 3 heteroatoms. The molecule has 1 aromatic rings. The SMILES string of the molecule is CSc1ccc(C=N)c(N)c1. The van der Waals surface area contributed by atoms with Crippen molar-refractivity contribution in [2.75, 3.05) is 12.0 Å². The van der Waals surface area contributed by atoms with Gasteiger partial charge in [0.1, 0.15) is 0 Å². The lowest BCUT2D eigenvalue weighted by molar-refractivity contribution is 1.44. The van der Waals surface area contributed by atoms with Crippen LogP contribution in [0.5, 0.6) is 0 Å². The van der Waals surface area contributed by atoms with Gasteiger partial charge in [-0.05, 0) is 18.4 Å². The van der Waals surface area contributed by atoms with E-state index >= 15 is 0 Å². The summed E-state index contributed by atoms with van der Waals surface area (Å²) in [5.41, 5.74) is 7.10. The van der Waals surface area contributed by atoms with Crippen molar-refractivity contribution in [2.24, 2.45) is 0 Å². The largest absolute Gasteiger partial charge is 0.398 e. The molecule has 0 aromatic heterocycles. The molecule has 1 aromatic carbocycles. The molecule has 1 rings (SSSR count). The Morgan fingerprint density at radius 3 is 2.73 bits per heavy atom. The molecule has 0 aliphatic heterocycles. The van der Waals surface area contributed by atoms with E-state index in [9.17, 15) is 0 Å². The maximum Gasteiger partial charge on any atom is 0.0414 e. The minimum atomic E-state index is 0.673. The van der Waals surface area contributed by atoms with Crippen LogP contribution >= 0.6 is 11.8 Å². The Morgan fingerprint density at radius 1 is 1.55 bits per heavy atom. The highest BCUT2D eigenvalue weighted by molar-refractivity contribution is 7.98. The standard InChI is InChI=1S/C8H10N2S/c1-11-7-3-2-6(5-9)8(10)4-7/h2-5,9H,10H2,1H3. The van der Waals surface area contributed by atoms with E-state index in [0.29, 0.717) is 5.69 Å². The predicted molar refractivity (Wildman–Crippen MR) is 50.5 cm³/mol. The third-order valence-corrected chi connectivity index (χ3v) is 2.17. The quantitative estimate of drug-likeness (QED) is 0.401. The molecule has 0 aliphatic rings. The summed E-state index contributed by atoms with van der Waals surface area (Å²) in [6.45, 7) is 0. The Morgan fingerprint density at radius 2 is 2.27 bits per heavy atom. The van der Waals surface area contributed by atoms with Crippen molar-refractivity contribution >= 4 is 23.7 Å². The Hall–Kier alpha value is -0.960. The first kappa shape index (κ1) is 8.14. The summed E-state index contributed by atoms with van der Waals surface area (Å²) in [6.07, 6.45) is 3.26. The number of nitrogens with two attached hydrogens (primary N) is 1. The molecule has 0 unspecified atom stereocenters. The van der Waals surface area contributed by atoms with E-state index in [-0.39, 0.29) is 0 Å². The van der Waals surface area contributed by atoms with E-state index in [0.717, 1.165) is 10.5 Å². The second kappa shape index (κ2) is 3.44. The molecule has 58 valence electrons. The molecule has 0 aliphatic carbocycles. The van der Waals surface area contributed by atoms with Gasteiger partial charge in [0.05, 0.1) is 0 Å². The molecule has 3 N–H and O–H groups in total. The molecule has 0 bridgehead atoms. The molecule has 0 radical (unpaired) electrons. The van der Waals surface area contributed by atoms with Gasteiger partial charge in [-0.15, -0.1) is 11.8 Å². The molecule has 11 heavy (non-hydrogen) atoms. The second-order valence-corrected chi connectivity index (χ2v) is 3.02. The number of hydrogen-bond donors (Lipinski definition) is 2. The number of nitrogens with one attached hydrogen (secondary N) is 1. The van der Waals surface area contributed by atoms with Crippen LogP contribution in [0.15, 0.2) is 23.1 Å². The summed E-state index contributed by atoms with van der Waals surface area (Å²) in [4.78, 5) is 1.13. The van der Waals surface area contributed by atoms with Gasteiger partial charge >= 0.3 is 0 Å². The molecule has 0 saturated heterocycles. The van der Waals surface area contributed by atoms with Crippen LogP contribution in [0.1, 0.15) is 5.56 Å². The molecule has 0 heterocycles. The highest BCUT2D eigenvalue weighted by atomic mass is 32.2. The van der Waals surface area contributed by atoms with Gasteiger partial charge in [-0.25, -0.2) is 0 Å². The van der Waals surface area contributed by atoms with Crippen molar-refractivity contribution in [3.63, 3.8) is 0 Å². The Balaban J connectivity index is 3.09. The summed E-state index contributed by atoms with van der Waals surface area (Å²) in [6, 6.07) is 5.70. The van der Waals surface area contributed by atoms with Crippen molar-refractivity contribution in [1.29, 1.82) is 5.41 Å². The Kier molecular flexibility index (Phi) is 2.54. The topological polar surface area (TPSA) is 49.9 Å². The molecular weight excluding hydrogens is 156 g/mol. The summed E-state index contributed by atoms with van der Waals surface area (Å²) in [7, 11) is 0. The second-order valence-electron chi connectivity index (χ2n) is 2.14. The molecule has 0 saturated carbocycles. The summed E-state index contributed by atoms with van der Waals surface area (Å²) >= 11 is 1.65. The lowest BCUT2D eigenvalue weighted by atomic mass is 10.2. The van der Waals surface area contributed by atoms with Crippen molar-refractivity contribution in [3.8, 4) is 0 Å². The molecule has 0 spiro atoms. The lowest BCUT2D eigenvalue weighted by Crippen LogP contribution is -1.92. The van der Waals surface area contributed by atoms with Crippen molar-refractivity contribution in [3.05, 3.63) is 23.8 Å². The van der Waals surface area contributed by atoms with Gasteiger partial charge < -0.3 is 11.1 Å². The first-order valence-corrected chi connectivity index (χ1v) is 4.44. The average Bonchev–Trinajstić information content (AvgIpc) is 2.04. The summed E-state index contributed by atoms with van der Waals surface area (Å²) < 4.78 is 0. The summed E-state index contributed by atoms with van der Waals surface area (Å²) in [5, 5.41) is 7.00. The molecule has 0 atom stereocenters. The van der Waals surface area contributed by atoms with Crippen molar-refractivity contribution in [1.82, 2.24) is 0 Å². The van der Waals surface area contributed by atoms with Crippen LogP contribution < -0.4 is 5.73 Å². The lowest BCUT2D eigenvalue weighted by Gasteiger charge is -2.00. The number of benzene rings is 1. The first-order valence-electron chi connectivity index (χ1n) is 3.22. The third kappa shape index (κ3) is 1.74. The summed E-state index contributed by atoms with van der Waals surface area (Å²) in [5.74, 6) is 0. The van der Waals surface area contributed by atoms with E-state index in [1.54, 1.807) is 11.8 Å². The number of rotatable bonds is 2. The van der Waals surface area contributed by atoms with Crippen LogP contribution in [0.2, 0.25) is 0 Å². The van der Waals surface area contributed by atoms with Crippen LogP contribution in [0, 0.1) is 5.41 Å². The minimum Gasteiger partial charge on any atom is -0.398 e. The van der Waals surface area contributed by atoms with Crippen LogP contribution in [-0.4, -0.2) is 12.5 Å². The van der Waals surface area contributed by atoms with Crippen molar-refractivity contribution < 1.29 is 0 Å². The van der Waals surface area contributed by atoms with E-state index in [1.807, 2.05) is 24.5 Å². The smallest absolute Gasteiger partial charge is 0.0414 e. The Bertz CT molecular complexity index is 271. The van der Waals surface area contributed by atoms with Crippen LogP contribution in [0.3, 0.4) is 0 Å². The number of nitrogen functional groups attached to an aromatic ring is 1. The number of hydrogen-bond acceptors (Lipinski definition) is 3. The predicted octanol–water partition coefficient (Wildman–Crippen LogP) is 1.99. The monoisotopic (exact) mass is 166 g/mol. The van der Waals surface area contributed by atoms with Crippen molar-refractivity contribution in [2.45, 2.75) is 4.90 Å². The van der Waals surface area contributed by atoms with Gasteiger partial charge in [0.2, 0.25) is 0 Å². The van der Waals surface area contributed by atoms with Gasteiger partial charge in [0.15, 0.2) is 0 Å². The fraction of sp³-hybridized carbons (Fsp3) is 0.125. The first-order chi connectivity index (χ1) is 5.27. The van der Waals surface area contributed by atoms with Gasteiger partial charge in [0.25, 0.3) is 0 Å². The molecule has 0 fully saturated rings. The van der Waals surface area contributed by atoms with E-state index in [4.69, 9.17) is 11.1 Å². The minimum absolute atomic E-state index is 0.673.